The van der Waals surface area contributed by atoms with Crippen LogP contribution in [0.15, 0.2) is 108 Å². The Morgan fingerprint density at radius 2 is 1.38 bits per heavy atom. The Balaban J connectivity index is 1.42. The number of carboxylic acid groups (broad SMARTS) is 1. The molecule has 0 fully saturated rings. The zero-order valence-electron chi connectivity index (χ0n) is 21.8. The summed E-state index contributed by atoms with van der Waals surface area (Å²) in [6.45, 7) is 0. The number of anilines is 2. The first-order valence-corrected chi connectivity index (χ1v) is 14.1. The second kappa shape index (κ2) is 14.4. The van der Waals surface area contributed by atoms with Crippen LogP contribution in [0.2, 0.25) is 10.0 Å². The fourth-order valence-electron chi connectivity index (χ4n) is 3.64. The lowest BCUT2D eigenvalue weighted by molar-refractivity contribution is -0.114. The van der Waals surface area contributed by atoms with Gasteiger partial charge in [-0.15, -0.1) is 11.8 Å². The minimum absolute atomic E-state index is 0.0686. The summed E-state index contributed by atoms with van der Waals surface area (Å²) in [6.07, 6.45) is 1.41. The normalized spacial score (nSPS) is 11.0. The summed E-state index contributed by atoms with van der Waals surface area (Å²) in [6, 6.07) is 26.1. The number of nitrogens with one attached hydrogen (secondary N) is 3. The molecule has 0 heterocycles. The number of halogens is 2. The number of rotatable bonds is 10. The monoisotopic (exact) mass is 619 g/mol. The highest BCUT2D eigenvalue weighted by molar-refractivity contribution is 8.00. The average Bonchev–Trinajstić information content (AvgIpc) is 2.98. The van der Waals surface area contributed by atoms with Gasteiger partial charge >= 0.3 is 5.97 Å². The number of carbonyl (C=O) groups is 4. The summed E-state index contributed by atoms with van der Waals surface area (Å²) in [5.41, 5.74) is 1.58. The Kier molecular flexibility index (Phi) is 10.4. The molecule has 42 heavy (non-hydrogen) atoms. The first-order valence-electron chi connectivity index (χ1n) is 12.4. The Morgan fingerprint density at radius 1 is 0.738 bits per heavy atom. The molecule has 0 aliphatic carbocycles. The van der Waals surface area contributed by atoms with Crippen molar-refractivity contribution in [3.05, 3.63) is 129 Å². The minimum atomic E-state index is -1.08. The number of amides is 3. The first-order chi connectivity index (χ1) is 20.2. The van der Waals surface area contributed by atoms with E-state index in [2.05, 4.69) is 16.0 Å². The molecule has 0 spiro atoms. The van der Waals surface area contributed by atoms with Crippen molar-refractivity contribution in [1.29, 1.82) is 0 Å². The van der Waals surface area contributed by atoms with Crippen molar-refractivity contribution in [3.8, 4) is 0 Å². The van der Waals surface area contributed by atoms with Crippen LogP contribution in [0.3, 0.4) is 0 Å². The first kappa shape index (κ1) is 30.4. The third-order valence-corrected chi connectivity index (χ3v) is 7.36. The lowest BCUT2D eigenvalue weighted by Crippen LogP contribution is -2.30. The van der Waals surface area contributed by atoms with E-state index in [0.717, 1.165) is 4.90 Å². The Hall–Kier alpha value is -4.57. The maximum atomic E-state index is 13.3. The molecule has 0 saturated heterocycles. The molecule has 0 unspecified atom stereocenters. The van der Waals surface area contributed by atoms with E-state index in [-0.39, 0.29) is 22.9 Å². The van der Waals surface area contributed by atoms with Crippen molar-refractivity contribution >= 4 is 76.1 Å². The molecule has 3 amide bonds. The summed E-state index contributed by atoms with van der Waals surface area (Å²) in [5, 5.41) is 17.8. The Morgan fingerprint density at radius 3 is 2.05 bits per heavy atom. The summed E-state index contributed by atoms with van der Waals surface area (Å²) in [7, 11) is 0. The highest BCUT2D eigenvalue weighted by Crippen LogP contribution is 2.27. The van der Waals surface area contributed by atoms with Crippen LogP contribution in [0.1, 0.15) is 26.3 Å². The molecule has 0 aromatic heterocycles. The molecule has 11 heteroatoms. The number of hydrogen-bond acceptors (Lipinski definition) is 5. The standard InChI is InChI=1S/C31H23Cl2N3O5S/c32-25-10-5-11-26(33)24(25)17-27(36-29(38)19-6-2-1-3-7-19)30(39)35-21-12-14-23(15-13-21)42-18-28(37)34-22-9-4-8-20(16-22)31(40)41/h1-17H,18H2,(H,34,37)(H,35,39)(H,36,38)(H,40,41)/b27-17-. The van der Waals surface area contributed by atoms with Gasteiger partial charge in [-0.3, -0.25) is 14.4 Å². The van der Waals surface area contributed by atoms with Crippen LogP contribution < -0.4 is 16.0 Å². The van der Waals surface area contributed by atoms with E-state index in [1.165, 1.54) is 30.0 Å². The van der Waals surface area contributed by atoms with E-state index >= 15 is 0 Å². The molecule has 8 nitrogen and oxygen atoms in total. The van der Waals surface area contributed by atoms with Crippen molar-refractivity contribution in [2.45, 2.75) is 4.90 Å². The molecule has 212 valence electrons. The third-order valence-electron chi connectivity index (χ3n) is 5.69. The van der Waals surface area contributed by atoms with Crippen LogP contribution in [-0.2, 0) is 9.59 Å². The summed E-state index contributed by atoms with van der Waals surface area (Å²) in [4.78, 5) is 50.3. The van der Waals surface area contributed by atoms with Crippen LogP contribution in [0.25, 0.3) is 6.08 Å². The summed E-state index contributed by atoms with van der Waals surface area (Å²) >= 11 is 13.9. The zero-order valence-corrected chi connectivity index (χ0v) is 24.1. The van der Waals surface area contributed by atoms with Crippen molar-refractivity contribution in [3.63, 3.8) is 0 Å². The zero-order chi connectivity index (χ0) is 30.1. The van der Waals surface area contributed by atoms with Gasteiger partial charge < -0.3 is 21.1 Å². The number of benzene rings is 4. The maximum Gasteiger partial charge on any atom is 0.335 e. The third kappa shape index (κ3) is 8.47. The smallest absolute Gasteiger partial charge is 0.335 e. The molecule has 0 bridgehead atoms. The van der Waals surface area contributed by atoms with Crippen molar-refractivity contribution in [2.75, 3.05) is 16.4 Å². The Labute approximate surface area is 255 Å². The molecule has 0 saturated carbocycles. The van der Waals surface area contributed by atoms with Crippen molar-refractivity contribution in [1.82, 2.24) is 5.32 Å². The summed E-state index contributed by atoms with van der Waals surface area (Å²) in [5.74, 6) is -2.39. The number of carboxylic acids is 1. The van der Waals surface area contributed by atoms with Crippen LogP contribution in [0.4, 0.5) is 11.4 Å². The fourth-order valence-corrected chi connectivity index (χ4v) is 4.85. The highest BCUT2D eigenvalue weighted by Gasteiger charge is 2.17. The van der Waals surface area contributed by atoms with E-state index in [1.807, 2.05) is 0 Å². The van der Waals surface area contributed by atoms with Gasteiger partial charge in [0.15, 0.2) is 0 Å². The van der Waals surface area contributed by atoms with E-state index in [1.54, 1.807) is 84.9 Å². The molecule has 0 aliphatic rings. The van der Waals surface area contributed by atoms with Crippen LogP contribution in [0.5, 0.6) is 0 Å². The Bertz CT molecular complexity index is 1640. The molecule has 0 radical (unpaired) electrons. The second-order valence-corrected chi connectivity index (χ2v) is 10.6. The highest BCUT2D eigenvalue weighted by atomic mass is 35.5. The van der Waals surface area contributed by atoms with Gasteiger partial charge in [-0.2, -0.15) is 0 Å². The maximum absolute atomic E-state index is 13.3. The molecule has 0 atom stereocenters. The SMILES string of the molecule is O=C(CSc1ccc(NC(=O)/C(=C/c2c(Cl)cccc2Cl)NC(=O)c2ccccc2)cc1)Nc1cccc(C(=O)O)c1. The van der Waals surface area contributed by atoms with Crippen LogP contribution >= 0.6 is 35.0 Å². The second-order valence-electron chi connectivity index (χ2n) is 8.71. The van der Waals surface area contributed by atoms with Gasteiger partial charge in [0.25, 0.3) is 11.8 Å². The molecule has 4 aromatic carbocycles. The predicted molar refractivity (Wildman–Crippen MR) is 166 cm³/mol. The van der Waals surface area contributed by atoms with E-state index in [0.29, 0.717) is 32.5 Å². The van der Waals surface area contributed by atoms with E-state index < -0.39 is 17.8 Å². The minimum Gasteiger partial charge on any atom is -0.478 e. The lowest BCUT2D eigenvalue weighted by atomic mass is 10.1. The largest absolute Gasteiger partial charge is 0.478 e. The van der Waals surface area contributed by atoms with Gasteiger partial charge in [0, 0.05) is 37.4 Å². The van der Waals surface area contributed by atoms with Gasteiger partial charge in [-0.1, -0.05) is 53.5 Å². The van der Waals surface area contributed by atoms with E-state index in [4.69, 9.17) is 28.3 Å². The molecule has 0 aliphatic heterocycles. The van der Waals surface area contributed by atoms with Crippen molar-refractivity contribution in [2.24, 2.45) is 0 Å². The van der Waals surface area contributed by atoms with Gasteiger partial charge in [0.1, 0.15) is 5.70 Å². The number of aromatic carboxylic acids is 1. The topological polar surface area (TPSA) is 125 Å². The number of carbonyl (C=O) groups excluding carboxylic acids is 3. The number of hydrogen-bond donors (Lipinski definition) is 4. The molecule has 4 aromatic rings. The van der Waals surface area contributed by atoms with Gasteiger partial charge in [-0.05, 0) is 72.8 Å². The van der Waals surface area contributed by atoms with Crippen LogP contribution in [0, 0.1) is 0 Å². The van der Waals surface area contributed by atoms with Crippen molar-refractivity contribution < 1.29 is 24.3 Å². The summed E-state index contributed by atoms with van der Waals surface area (Å²) < 4.78 is 0. The predicted octanol–water partition coefficient (Wildman–Crippen LogP) is 6.83. The van der Waals surface area contributed by atoms with Crippen LogP contribution in [-0.4, -0.2) is 34.6 Å². The molecular weight excluding hydrogens is 597 g/mol. The molecule has 4 N–H and O–H groups in total. The van der Waals surface area contributed by atoms with Gasteiger partial charge in [-0.25, -0.2) is 4.79 Å². The fraction of sp³-hybridized carbons (Fsp3) is 0.0323. The quantitative estimate of drug-likeness (QED) is 0.114. The average molecular weight is 621 g/mol. The molecular formula is C31H23Cl2N3O5S. The van der Waals surface area contributed by atoms with E-state index in [9.17, 15) is 19.2 Å². The van der Waals surface area contributed by atoms with Gasteiger partial charge in [0.05, 0.1) is 11.3 Å². The number of thioether (sulfide) groups is 1. The molecule has 4 rings (SSSR count). The lowest BCUT2D eigenvalue weighted by Gasteiger charge is -2.13. The van der Waals surface area contributed by atoms with Gasteiger partial charge in [0.2, 0.25) is 5.91 Å².